The maximum absolute atomic E-state index is 12.4. The first-order valence-corrected chi connectivity index (χ1v) is 9.69. The average Bonchev–Trinajstić information content (AvgIpc) is 2.61. The summed E-state index contributed by atoms with van der Waals surface area (Å²) in [7, 11) is 0. The highest BCUT2D eigenvalue weighted by atomic mass is 35.5. The number of carbonyl (C=O) groups is 1. The Morgan fingerprint density at radius 1 is 1.21 bits per heavy atom. The van der Waals surface area contributed by atoms with Crippen LogP contribution in [0.2, 0.25) is 0 Å². The number of thioether (sulfide) groups is 1. The van der Waals surface area contributed by atoms with Crippen molar-refractivity contribution in [2.75, 3.05) is 45.0 Å². The zero-order chi connectivity index (χ0) is 16.1. The van der Waals surface area contributed by atoms with Crippen molar-refractivity contribution >= 4 is 30.1 Å². The van der Waals surface area contributed by atoms with Gasteiger partial charge in [0.1, 0.15) is 0 Å². The third-order valence-corrected chi connectivity index (χ3v) is 6.02. The Kier molecular flexibility index (Phi) is 7.88. The summed E-state index contributed by atoms with van der Waals surface area (Å²) < 4.78 is 0. The molecule has 0 aromatic heterocycles. The van der Waals surface area contributed by atoms with Crippen LogP contribution in [0.5, 0.6) is 0 Å². The average molecular weight is 370 g/mol. The van der Waals surface area contributed by atoms with Crippen LogP contribution in [-0.2, 0) is 4.79 Å². The van der Waals surface area contributed by atoms with Crippen LogP contribution in [0.25, 0.3) is 0 Å². The number of nitrogens with zero attached hydrogens (tertiary/aromatic N) is 2. The molecule has 0 aliphatic carbocycles. The van der Waals surface area contributed by atoms with Crippen LogP contribution >= 0.6 is 24.2 Å². The largest absolute Gasteiger partial charge is 0.340 e. The predicted octanol–water partition coefficient (Wildman–Crippen LogP) is 2.41. The summed E-state index contributed by atoms with van der Waals surface area (Å²) in [6, 6.07) is 11.2. The molecule has 3 rings (SSSR count). The molecular formula is C18H28ClN3OS. The number of piperazine rings is 1. The number of rotatable bonds is 4. The zero-order valence-electron chi connectivity index (χ0n) is 14.3. The molecule has 0 radical (unpaired) electrons. The molecule has 2 fully saturated rings. The van der Waals surface area contributed by atoms with E-state index in [0.717, 1.165) is 45.0 Å². The first-order chi connectivity index (χ1) is 11.3. The number of halogens is 1. The molecule has 2 unspecified atom stereocenters. The lowest BCUT2D eigenvalue weighted by atomic mass is 10.0. The van der Waals surface area contributed by atoms with Crippen LogP contribution in [0.4, 0.5) is 0 Å². The van der Waals surface area contributed by atoms with Crippen molar-refractivity contribution in [2.45, 2.75) is 24.6 Å². The maximum Gasteiger partial charge on any atom is 0.223 e. The molecular weight excluding hydrogens is 342 g/mol. The minimum atomic E-state index is 0. The summed E-state index contributed by atoms with van der Waals surface area (Å²) in [4.78, 5) is 17.0. The van der Waals surface area contributed by atoms with E-state index in [1.807, 2.05) is 16.7 Å². The molecule has 1 amide bonds. The third kappa shape index (κ3) is 4.88. The van der Waals surface area contributed by atoms with E-state index in [9.17, 15) is 4.79 Å². The lowest BCUT2D eigenvalue weighted by Crippen LogP contribution is -2.48. The van der Waals surface area contributed by atoms with E-state index in [1.165, 1.54) is 5.56 Å². The van der Waals surface area contributed by atoms with Crippen LogP contribution in [0.3, 0.4) is 0 Å². The molecule has 0 bridgehead atoms. The lowest BCUT2D eigenvalue weighted by molar-refractivity contribution is -0.132. The monoisotopic (exact) mass is 369 g/mol. The van der Waals surface area contributed by atoms with Crippen LogP contribution in [-0.4, -0.2) is 66.0 Å². The van der Waals surface area contributed by atoms with Gasteiger partial charge in [-0.1, -0.05) is 37.3 Å². The fourth-order valence-corrected chi connectivity index (χ4v) is 4.80. The SMILES string of the molecule is CC1SCCN(CCC(=O)N2CCNCC2)C1c1ccccc1.Cl. The van der Waals surface area contributed by atoms with Crippen LogP contribution in [0, 0.1) is 0 Å². The molecule has 2 aliphatic heterocycles. The van der Waals surface area contributed by atoms with Gasteiger partial charge in [0.25, 0.3) is 0 Å². The van der Waals surface area contributed by atoms with Gasteiger partial charge in [0, 0.05) is 62.7 Å². The van der Waals surface area contributed by atoms with Gasteiger partial charge < -0.3 is 10.2 Å². The number of benzene rings is 1. The van der Waals surface area contributed by atoms with Gasteiger partial charge >= 0.3 is 0 Å². The highest BCUT2D eigenvalue weighted by Gasteiger charge is 2.30. The highest BCUT2D eigenvalue weighted by molar-refractivity contribution is 8.00. The molecule has 0 spiro atoms. The number of hydrogen-bond acceptors (Lipinski definition) is 4. The van der Waals surface area contributed by atoms with Crippen molar-refractivity contribution in [3.05, 3.63) is 35.9 Å². The fraction of sp³-hybridized carbons (Fsp3) is 0.611. The summed E-state index contributed by atoms with van der Waals surface area (Å²) >= 11 is 2.04. The van der Waals surface area contributed by atoms with Gasteiger partial charge in [0.05, 0.1) is 0 Å². The lowest BCUT2D eigenvalue weighted by Gasteiger charge is -2.40. The Bertz CT molecular complexity index is 510. The summed E-state index contributed by atoms with van der Waals surface area (Å²) in [5, 5.41) is 3.87. The fourth-order valence-electron chi connectivity index (χ4n) is 3.58. The molecule has 2 aliphatic rings. The predicted molar refractivity (Wildman–Crippen MR) is 104 cm³/mol. The Balaban J connectivity index is 0.00000208. The van der Waals surface area contributed by atoms with E-state index in [4.69, 9.17) is 0 Å². The van der Waals surface area contributed by atoms with Gasteiger partial charge in [0.2, 0.25) is 5.91 Å². The van der Waals surface area contributed by atoms with Crippen LogP contribution < -0.4 is 5.32 Å². The van der Waals surface area contributed by atoms with E-state index in [2.05, 4.69) is 47.5 Å². The van der Waals surface area contributed by atoms with E-state index in [1.54, 1.807) is 0 Å². The molecule has 134 valence electrons. The molecule has 2 atom stereocenters. The van der Waals surface area contributed by atoms with Gasteiger partial charge in [-0.15, -0.1) is 12.4 Å². The second-order valence-corrected chi connectivity index (χ2v) is 7.83. The molecule has 1 aromatic rings. The van der Waals surface area contributed by atoms with Gasteiger partial charge in [-0.2, -0.15) is 11.8 Å². The Labute approximate surface area is 155 Å². The van der Waals surface area contributed by atoms with Crippen molar-refractivity contribution in [3.8, 4) is 0 Å². The van der Waals surface area contributed by atoms with Crippen molar-refractivity contribution in [1.29, 1.82) is 0 Å². The van der Waals surface area contributed by atoms with Gasteiger partial charge in [-0.05, 0) is 5.56 Å². The van der Waals surface area contributed by atoms with Gasteiger partial charge in [0.15, 0.2) is 0 Å². The Hall–Kier alpha value is -0.750. The minimum Gasteiger partial charge on any atom is -0.340 e. The van der Waals surface area contributed by atoms with E-state index < -0.39 is 0 Å². The van der Waals surface area contributed by atoms with E-state index >= 15 is 0 Å². The number of hydrogen-bond donors (Lipinski definition) is 1. The third-order valence-electron chi connectivity index (χ3n) is 4.82. The first kappa shape index (κ1) is 19.6. The minimum absolute atomic E-state index is 0. The standard InChI is InChI=1S/C18H27N3OS.ClH/c1-15-18(16-5-3-2-4-6-16)21(13-14-23-15)10-7-17(22)20-11-8-19-9-12-20;/h2-6,15,18-19H,7-14H2,1H3;1H. The van der Waals surface area contributed by atoms with Crippen molar-refractivity contribution in [1.82, 2.24) is 15.1 Å². The molecule has 6 heteroatoms. The summed E-state index contributed by atoms with van der Waals surface area (Å²) in [5.41, 5.74) is 1.38. The first-order valence-electron chi connectivity index (χ1n) is 8.65. The number of carbonyl (C=O) groups excluding carboxylic acids is 1. The highest BCUT2D eigenvalue weighted by Crippen LogP contribution is 2.35. The van der Waals surface area contributed by atoms with Crippen LogP contribution in [0.15, 0.2) is 30.3 Å². The Morgan fingerprint density at radius 3 is 2.62 bits per heavy atom. The van der Waals surface area contributed by atoms with Crippen molar-refractivity contribution in [2.24, 2.45) is 0 Å². The summed E-state index contributed by atoms with van der Waals surface area (Å²) in [5.74, 6) is 1.47. The smallest absolute Gasteiger partial charge is 0.223 e. The normalized spacial score (nSPS) is 25.1. The number of amides is 1. The topological polar surface area (TPSA) is 35.6 Å². The summed E-state index contributed by atoms with van der Waals surface area (Å²) in [6.07, 6.45) is 0.640. The molecule has 24 heavy (non-hydrogen) atoms. The van der Waals surface area contributed by atoms with Crippen molar-refractivity contribution in [3.63, 3.8) is 0 Å². The quantitative estimate of drug-likeness (QED) is 0.884. The second-order valence-electron chi connectivity index (χ2n) is 6.35. The zero-order valence-corrected chi connectivity index (χ0v) is 16.0. The molecule has 1 N–H and O–H groups in total. The molecule has 2 saturated heterocycles. The van der Waals surface area contributed by atoms with Gasteiger partial charge in [-0.25, -0.2) is 0 Å². The van der Waals surface area contributed by atoms with Crippen molar-refractivity contribution < 1.29 is 4.79 Å². The summed E-state index contributed by atoms with van der Waals surface area (Å²) in [6.45, 7) is 7.81. The van der Waals surface area contributed by atoms with E-state index in [0.29, 0.717) is 23.6 Å². The van der Waals surface area contributed by atoms with Gasteiger partial charge in [-0.3, -0.25) is 9.69 Å². The molecule has 2 heterocycles. The van der Waals surface area contributed by atoms with Crippen LogP contribution in [0.1, 0.15) is 24.9 Å². The van der Waals surface area contributed by atoms with E-state index in [-0.39, 0.29) is 12.4 Å². The molecule has 1 aromatic carbocycles. The maximum atomic E-state index is 12.4. The second kappa shape index (κ2) is 9.66. The number of nitrogens with one attached hydrogen (secondary N) is 1. The molecule has 4 nitrogen and oxygen atoms in total. The Morgan fingerprint density at radius 2 is 1.92 bits per heavy atom. The molecule has 0 saturated carbocycles.